The number of rotatable bonds is 3. The third kappa shape index (κ3) is 1.93. The quantitative estimate of drug-likeness (QED) is 0.708. The van der Waals surface area contributed by atoms with E-state index in [-0.39, 0.29) is 6.61 Å². The maximum absolute atomic E-state index is 10.2. The highest BCUT2D eigenvalue weighted by Crippen LogP contribution is 2.17. The number of carbonyl (C=O) groups is 1. The Kier molecular flexibility index (Phi) is 2.58. The lowest BCUT2D eigenvalue weighted by Crippen LogP contribution is -2.03. The first kappa shape index (κ1) is 9.58. The fraction of sp³-hybridized carbons (Fsp3) is 0.182. The van der Waals surface area contributed by atoms with Crippen LogP contribution in [0, 0.1) is 6.92 Å². The average molecular weight is 202 g/mol. The molecular formula is C11H10N2O2. The molecule has 0 N–H and O–H groups in total. The highest BCUT2D eigenvalue weighted by atomic mass is 16.5. The number of aromatic nitrogens is 2. The van der Waals surface area contributed by atoms with Crippen LogP contribution in [0.25, 0.3) is 11.0 Å². The van der Waals surface area contributed by atoms with Crippen LogP contribution in [0.1, 0.15) is 5.69 Å². The molecule has 0 amide bonds. The molecule has 15 heavy (non-hydrogen) atoms. The average Bonchev–Trinajstić information content (AvgIpc) is 2.26. The van der Waals surface area contributed by atoms with Crippen molar-refractivity contribution in [1.29, 1.82) is 0 Å². The Hall–Kier alpha value is -1.97. The van der Waals surface area contributed by atoms with Crippen LogP contribution in [0.3, 0.4) is 0 Å². The summed E-state index contributed by atoms with van der Waals surface area (Å²) < 4.78 is 5.15. The molecule has 4 nitrogen and oxygen atoms in total. The maximum atomic E-state index is 10.2. The van der Waals surface area contributed by atoms with Crippen LogP contribution in [0.5, 0.6) is 5.88 Å². The van der Waals surface area contributed by atoms with E-state index < -0.39 is 0 Å². The zero-order valence-corrected chi connectivity index (χ0v) is 8.30. The predicted molar refractivity (Wildman–Crippen MR) is 55.8 cm³/mol. The predicted octanol–water partition coefficient (Wildman–Crippen LogP) is 1.52. The van der Waals surface area contributed by atoms with Crippen molar-refractivity contribution >= 4 is 17.3 Å². The zero-order valence-electron chi connectivity index (χ0n) is 8.30. The van der Waals surface area contributed by atoms with Crippen LogP contribution in [-0.4, -0.2) is 22.9 Å². The number of aryl methyl sites for hydroxylation is 1. The first-order valence-electron chi connectivity index (χ1n) is 4.61. The molecule has 0 radical (unpaired) electrons. The molecule has 1 aromatic heterocycles. The summed E-state index contributed by atoms with van der Waals surface area (Å²) in [6, 6.07) is 7.53. The number of benzene rings is 1. The minimum absolute atomic E-state index is 0.00780. The van der Waals surface area contributed by atoms with Crippen LogP contribution in [-0.2, 0) is 4.79 Å². The van der Waals surface area contributed by atoms with Gasteiger partial charge >= 0.3 is 0 Å². The molecule has 1 aromatic carbocycles. The summed E-state index contributed by atoms with van der Waals surface area (Å²) in [5.41, 5.74) is 2.29. The molecule has 0 saturated carbocycles. The van der Waals surface area contributed by atoms with E-state index in [1.54, 1.807) is 6.92 Å². The number of hydrogen-bond donors (Lipinski definition) is 0. The Bertz CT molecular complexity index is 497. The number of para-hydroxylation sites is 2. The van der Waals surface area contributed by atoms with Gasteiger partial charge < -0.3 is 4.74 Å². The first-order chi connectivity index (χ1) is 7.31. The van der Waals surface area contributed by atoms with Crippen LogP contribution in [0.15, 0.2) is 24.3 Å². The van der Waals surface area contributed by atoms with E-state index in [1.807, 2.05) is 24.3 Å². The summed E-state index contributed by atoms with van der Waals surface area (Å²) in [5, 5.41) is 0. The summed E-state index contributed by atoms with van der Waals surface area (Å²) in [6.07, 6.45) is 0.691. The van der Waals surface area contributed by atoms with Gasteiger partial charge in [-0.1, -0.05) is 12.1 Å². The third-order valence-corrected chi connectivity index (χ3v) is 1.99. The van der Waals surface area contributed by atoms with Crippen molar-refractivity contribution in [1.82, 2.24) is 9.97 Å². The van der Waals surface area contributed by atoms with Gasteiger partial charge in [-0.25, -0.2) is 9.97 Å². The monoisotopic (exact) mass is 202 g/mol. The summed E-state index contributed by atoms with van der Waals surface area (Å²) in [7, 11) is 0. The van der Waals surface area contributed by atoms with Crippen molar-refractivity contribution in [3.05, 3.63) is 30.0 Å². The maximum Gasteiger partial charge on any atom is 0.236 e. The van der Waals surface area contributed by atoms with Gasteiger partial charge in [-0.15, -0.1) is 0 Å². The number of fused-ring (bicyclic) bond motifs is 1. The van der Waals surface area contributed by atoms with Crippen LogP contribution < -0.4 is 4.74 Å². The number of hydrogen-bond acceptors (Lipinski definition) is 4. The smallest absolute Gasteiger partial charge is 0.236 e. The van der Waals surface area contributed by atoms with Crippen molar-refractivity contribution in [3.8, 4) is 5.88 Å². The number of carbonyl (C=O) groups excluding carboxylic acids is 1. The van der Waals surface area contributed by atoms with Crippen LogP contribution >= 0.6 is 0 Å². The molecule has 0 bridgehead atoms. The standard InChI is InChI=1S/C11H10N2O2/c1-8-11(15-7-6-14)13-10-5-3-2-4-9(10)12-8/h2-6H,7H2,1H3. The first-order valence-corrected chi connectivity index (χ1v) is 4.61. The van der Waals surface area contributed by atoms with Gasteiger partial charge in [-0.05, 0) is 19.1 Å². The molecule has 76 valence electrons. The van der Waals surface area contributed by atoms with Crippen molar-refractivity contribution in [2.24, 2.45) is 0 Å². The van der Waals surface area contributed by atoms with Crippen molar-refractivity contribution < 1.29 is 9.53 Å². The Morgan fingerprint density at radius 1 is 1.27 bits per heavy atom. The van der Waals surface area contributed by atoms with Gasteiger partial charge in [-0.2, -0.15) is 0 Å². The number of nitrogens with zero attached hydrogens (tertiary/aromatic N) is 2. The summed E-state index contributed by atoms with van der Waals surface area (Å²) in [6.45, 7) is 1.81. The Labute approximate surface area is 86.9 Å². The molecule has 0 aliphatic heterocycles. The van der Waals surface area contributed by atoms with E-state index in [2.05, 4.69) is 9.97 Å². The van der Waals surface area contributed by atoms with Gasteiger partial charge in [-0.3, -0.25) is 4.79 Å². The van der Waals surface area contributed by atoms with E-state index in [0.29, 0.717) is 17.9 Å². The number of aldehydes is 1. The molecule has 2 aromatic rings. The van der Waals surface area contributed by atoms with Crippen molar-refractivity contribution in [2.45, 2.75) is 6.92 Å². The zero-order chi connectivity index (χ0) is 10.7. The third-order valence-electron chi connectivity index (χ3n) is 1.99. The fourth-order valence-electron chi connectivity index (χ4n) is 1.32. The summed E-state index contributed by atoms with van der Waals surface area (Å²) >= 11 is 0. The van der Waals surface area contributed by atoms with Gasteiger partial charge in [0.2, 0.25) is 5.88 Å². The minimum Gasteiger partial charge on any atom is -0.469 e. The molecule has 0 aliphatic carbocycles. The van der Waals surface area contributed by atoms with Gasteiger partial charge in [0.15, 0.2) is 6.29 Å². The number of ether oxygens (including phenoxy) is 1. The van der Waals surface area contributed by atoms with Gasteiger partial charge in [0.05, 0.1) is 11.0 Å². The van der Waals surface area contributed by atoms with Gasteiger partial charge in [0.25, 0.3) is 0 Å². The summed E-state index contributed by atoms with van der Waals surface area (Å²) in [4.78, 5) is 18.8. The molecule has 0 aliphatic rings. The van der Waals surface area contributed by atoms with Crippen molar-refractivity contribution in [2.75, 3.05) is 6.61 Å². The topological polar surface area (TPSA) is 52.1 Å². The van der Waals surface area contributed by atoms with E-state index in [1.165, 1.54) is 0 Å². The van der Waals surface area contributed by atoms with Crippen LogP contribution in [0.4, 0.5) is 0 Å². The molecule has 0 spiro atoms. The Balaban J connectivity index is 2.47. The normalized spacial score (nSPS) is 10.2. The Morgan fingerprint density at radius 2 is 1.93 bits per heavy atom. The highest BCUT2D eigenvalue weighted by molar-refractivity contribution is 5.74. The second-order valence-corrected chi connectivity index (χ2v) is 3.08. The second kappa shape index (κ2) is 4.04. The molecule has 1 heterocycles. The SMILES string of the molecule is Cc1nc2ccccc2nc1OCC=O. The summed E-state index contributed by atoms with van der Waals surface area (Å²) in [5.74, 6) is 0.417. The molecule has 2 rings (SSSR count). The highest BCUT2D eigenvalue weighted by Gasteiger charge is 2.04. The van der Waals surface area contributed by atoms with E-state index >= 15 is 0 Å². The van der Waals surface area contributed by atoms with E-state index in [0.717, 1.165) is 11.0 Å². The Morgan fingerprint density at radius 3 is 2.60 bits per heavy atom. The largest absolute Gasteiger partial charge is 0.469 e. The molecule has 0 fully saturated rings. The lowest BCUT2D eigenvalue weighted by molar-refractivity contribution is -0.109. The van der Waals surface area contributed by atoms with Gasteiger partial charge in [0.1, 0.15) is 12.3 Å². The second-order valence-electron chi connectivity index (χ2n) is 3.08. The molecule has 4 heteroatoms. The minimum atomic E-state index is 0.00780. The van der Waals surface area contributed by atoms with Crippen molar-refractivity contribution in [3.63, 3.8) is 0 Å². The van der Waals surface area contributed by atoms with E-state index in [9.17, 15) is 4.79 Å². The lowest BCUT2D eigenvalue weighted by Gasteiger charge is -2.05. The molecule has 0 atom stereocenters. The van der Waals surface area contributed by atoms with Crippen LogP contribution in [0.2, 0.25) is 0 Å². The van der Waals surface area contributed by atoms with E-state index in [4.69, 9.17) is 4.74 Å². The molecular weight excluding hydrogens is 192 g/mol. The molecule has 0 saturated heterocycles. The van der Waals surface area contributed by atoms with Gasteiger partial charge in [0, 0.05) is 0 Å². The fourth-order valence-corrected chi connectivity index (χ4v) is 1.32. The lowest BCUT2D eigenvalue weighted by atomic mass is 10.3. The molecule has 0 unspecified atom stereocenters.